The van der Waals surface area contributed by atoms with E-state index in [-0.39, 0.29) is 6.61 Å². The van der Waals surface area contributed by atoms with Gasteiger partial charge in [-0.15, -0.1) is 6.42 Å². The summed E-state index contributed by atoms with van der Waals surface area (Å²) in [6.45, 7) is 3.22. The number of nitrogens with zero attached hydrogens (tertiary/aromatic N) is 1. The van der Waals surface area contributed by atoms with Gasteiger partial charge in [-0.3, -0.25) is 0 Å². The van der Waals surface area contributed by atoms with Crippen molar-refractivity contribution in [2.75, 3.05) is 13.2 Å². The van der Waals surface area contributed by atoms with Crippen LogP contribution in [-0.2, 0) is 6.54 Å². The molecule has 0 amide bonds. The normalized spacial score (nSPS) is 10.5. The van der Waals surface area contributed by atoms with E-state index in [0.717, 1.165) is 15.6 Å². The van der Waals surface area contributed by atoms with Crippen LogP contribution >= 0.6 is 27.5 Å². The maximum atomic E-state index is 5.87. The van der Waals surface area contributed by atoms with Crippen molar-refractivity contribution in [3.63, 3.8) is 0 Å². The summed E-state index contributed by atoms with van der Waals surface area (Å²) in [5.41, 5.74) is 4.96. The molecule has 0 heterocycles. The van der Waals surface area contributed by atoms with Gasteiger partial charge in [0.05, 0.1) is 23.8 Å². The number of hydrazone groups is 1. The van der Waals surface area contributed by atoms with Crippen molar-refractivity contribution >= 4 is 33.7 Å². The fourth-order valence-corrected chi connectivity index (χ4v) is 2.74. The smallest absolute Gasteiger partial charge is 0.176 e. The molecule has 2 aromatic rings. The monoisotopic (exact) mass is 420 g/mol. The van der Waals surface area contributed by atoms with Crippen molar-refractivity contribution < 1.29 is 9.47 Å². The van der Waals surface area contributed by atoms with Crippen LogP contribution in [0.3, 0.4) is 0 Å². The molecule has 4 nitrogen and oxygen atoms in total. The minimum absolute atomic E-state index is 0.175. The second kappa shape index (κ2) is 9.97. The van der Waals surface area contributed by atoms with E-state index >= 15 is 0 Å². The van der Waals surface area contributed by atoms with Crippen molar-refractivity contribution in [3.05, 3.63) is 57.0 Å². The molecule has 130 valence electrons. The van der Waals surface area contributed by atoms with Gasteiger partial charge in [-0.1, -0.05) is 29.7 Å². The van der Waals surface area contributed by atoms with Crippen LogP contribution in [0.1, 0.15) is 18.1 Å². The number of halogens is 2. The molecule has 1 N–H and O–H groups in total. The number of hydrogen-bond donors (Lipinski definition) is 1. The molecule has 2 rings (SSSR count). The Kier molecular flexibility index (Phi) is 7.65. The third-order valence-corrected chi connectivity index (χ3v) is 3.97. The Labute approximate surface area is 161 Å². The van der Waals surface area contributed by atoms with Crippen molar-refractivity contribution in [1.29, 1.82) is 0 Å². The topological polar surface area (TPSA) is 42.8 Å². The van der Waals surface area contributed by atoms with E-state index in [0.29, 0.717) is 29.7 Å². The second-order valence-electron chi connectivity index (χ2n) is 4.98. The highest BCUT2D eigenvalue weighted by Crippen LogP contribution is 2.36. The lowest BCUT2D eigenvalue weighted by molar-refractivity contribution is 0.298. The molecular formula is C19H18BrClN2O2. The molecule has 0 aliphatic heterocycles. The summed E-state index contributed by atoms with van der Waals surface area (Å²) < 4.78 is 11.9. The molecule has 0 aliphatic carbocycles. The van der Waals surface area contributed by atoms with E-state index in [1.54, 1.807) is 6.21 Å². The molecule has 25 heavy (non-hydrogen) atoms. The molecule has 0 aromatic heterocycles. The highest BCUT2D eigenvalue weighted by atomic mass is 79.9. The maximum Gasteiger partial charge on any atom is 0.176 e. The maximum absolute atomic E-state index is 5.87. The highest BCUT2D eigenvalue weighted by molar-refractivity contribution is 9.10. The van der Waals surface area contributed by atoms with Gasteiger partial charge in [-0.25, -0.2) is 0 Å². The van der Waals surface area contributed by atoms with Gasteiger partial charge in [0.1, 0.15) is 6.61 Å². The molecule has 0 radical (unpaired) electrons. The lowest BCUT2D eigenvalue weighted by Gasteiger charge is -2.13. The molecule has 0 fully saturated rings. The predicted octanol–water partition coefficient (Wildman–Crippen LogP) is 4.64. The summed E-state index contributed by atoms with van der Waals surface area (Å²) in [5.74, 6) is 3.65. The van der Waals surface area contributed by atoms with Gasteiger partial charge < -0.3 is 14.9 Å². The van der Waals surface area contributed by atoms with Gasteiger partial charge in [-0.2, -0.15) is 5.10 Å². The Morgan fingerprint density at radius 1 is 1.28 bits per heavy atom. The third-order valence-electron chi connectivity index (χ3n) is 3.13. The number of terminal acetylenes is 1. The Balaban J connectivity index is 2.05. The molecule has 0 aliphatic rings. The van der Waals surface area contributed by atoms with Crippen LogP contribution < -0.4 is 14.9 Å². The molecule has 0 atom stereocenters. The standard InChI is InChI=1S/C19H18BrClN2O2/c1-3-9-25-19-17(20)10-15(11-18(19)24-4-2)13-23-22-12-14-5-7-16(21)8-6-14/h1,5-8,10-11,13,22H,4,9,12H2,2H3/b23-13-. The fourth-order valence-electron chi connectivity index (χ4n) is 2.04. The number of ether oxygens (including phenoxy) is 2. The molecule has 0 saturated carbocycles. The Morgan fingerprint density at radius 3 is 2.72 bits per heavy atom. The van der Waals surface area contributed by atoms with E-state index in [2.05, 4.69) is 32.4 Å². The van der Waals surface area contributed by atoms with Gasteiger partial charge in [0.2, 0.25) is 0 Å². The van der Waals surface area contributed by atoms with E-state index in [4.69, 9.17) is 27.5 Å². The SMILES string of the molecule is C#CCOc1c(Br)cc(/C=N\NCc2ccc(Cl)cc2)cc1OCC. The van der Waals surface area contributed by atoms with E-state index in [1.807, 2.05) is 43.3 Å². The molecular weight excluding hydrogens is 404 g/mol. The largest absolute Gasteiger partial charge is 0.490 e. The molecule has 2 aromatic carbocycles. The Hall–Kier alpha value is -2.16. The summed E-state index contributed by atoms with van der Waals surface area (Å²) in [6, 6.07) is 11.3. The van der Waals surface area contributed by atoms with Crippen molar-refractivity contribution in [2.24, 2.45) is 5.10 Å². The van der Waals surface area contributed by atoms with Crippen LogP contribution in [0, 0.1) is 12.3 Å². The van der Waals surface area contributed by atoms with Gasteiger partial charge in [0.15, 0.2) is 11.5 Å². The number of benzene rings is 2. The summed E-state index contributed by atoms with van der Waals surface area (Å²) in [5, 5.41) is 4.95. The first kappa shape index (κ1) is 19.2. The lowest BCUT2D eigenvalue weighted by Crippen LogP contribution is -2.06. The minimum Gasteiger partial charge on any atom is -0.490 e. The van der Waals surface area contributed by atoms with Gasteiger partial charge in [0.25, 0.3) is 0 Å². The van der Waals surface area contributed by atoms with Crippen LogP contribution in [0.5, 0.6) is 11.5 Å². The van der Waals surface area contributed by atoms with Crippen molar-refractivity contribution in [2.45, 2.75) is 13.5 Å². The van der Waals surface area contributed by atoms with Crippen molar-refractivity contribution in [1.82, 2.24) is 5.43 Å². The van der Waals surface area contributed by atoms with E-state index in [9.17, 15) is 0 Å². The molecule has 0 spiro atoms. The molecule has 0 bridgehead atoms. The van der Waals surface area contributed by atoms with E-state index < -0.39 is 0 Å². The highest BCUT2D eigenvalue weighted by Gasteiger charge is 2.11. The first-order valence-electron chi connectivity index (χ1n) is 7.67. The summed E-state index contributed by atoms with van der Waals surface area (Å²) >= 11 is 9.35. The summed E-state index contributed by atoms with van der Waals surface area (Å²) in [7, 11) is 0. The van der Waals surface area contributed by atoms with Gasteiger partial charge in [-0.05, 0) is 58.2 Å². The van der Waals surface area contributed by atoms with Crippen LogP contribution in [0.2, 0.25) is 5.02 Å². The first-order valence-corrected chi connectivity index (χ1v) is 8.84. The van der Waals surface area contributed by atoms with Gasteiger partial charge >= 0.3 is 0 Å². The van der Waals surface area contributed by atoms with E-state index in [1.165, 1.54) is 0 Å². The molecule has 0 saturated heterocycles. The van der Waals surface area contributed by atoms with Crippen LogP contribution in [-0.4, -0.2) is 19.4 Å². The fraction of sp³-hybridized carbons (Fsp3) is 0.211. The Morgan fingerprint density at radius 2 is 2.04 bits per heavy atom. The number of rotatable bonds is 8. The second-order valence-corrected chi connectivity index (χ2v) is 6.27. The number of hydrogen-bond acceptors (Lipinski definition) is 4. The van der Waals surface area contributed by atoms with Crippen molar-refractivity contribution in [3.8, 4) is 23.8 Å². The van der Waals surface area contributed by atoms with Crippen LogP contribution in [0.4, 0.5) is 0 Å². The number of nitrogens with one attached hydrogen (secondary N) is 1. The zero-order valence-corrected chi connectivity index (χ0v) is 16.1. The zero-order chi connectivity index (χ0) is 18.1. The van der Waals surface area contributed by atoms with Crippen LogP contribution in [0.15, 0.2) is 46.0 Å². The first-order chi connectivity index (χ1) is 12.1. The van der Waals surface area contributed by atoms with Crippen LogP contribution in [0.25, 0.3) is 0 Å². The minimum atomic E-state index is 0.175. The lowest BCUT2D eigenvalue weighted by atomic mass is 10.2. The average Bonchev–Trinajstić information content (AvgIpc) is 2.60. The molecule has 6 heteroatoms. The predicted molar refractivity (Wildman–Crippen MR) is 106 cm³/mol. The third kappa shape index (κ3) is 6.00. The quantitative estimate of drug-likeness (QED) is 0.384. The van der Waals surface area contributed by atoms with Gasteiger partial charge in [0, 0.05) is 5.02 Å². The molecule has 0 unspecified atom stereocenters. The summed E-state index contributed by atoms with van der Waals surface area (Å²) in [6.07, 6.45) is 6.97. The summed E-state index contributed by atoms with van der Waals surface area (Å²) in [4.78, 5) is 0. The zero-order valence-electron chi connectivity index (χ0n) is 13.8. The Bertz CT molecular complexity index is 770. The average molecular weight is 422 g/mol.